The van der Waals surface area contributed by atoms with Gasteiger partial charge in [0.15, 0.2) is 17.1 Å². The Balaban J connectivity index is 1.19. The number of nitrogens with zero attached hydrogens (tertiary/aromatic N) is 2. The summed E-state index contributed by atoms with van der Waals surface area (Å²) in [6.07, 6.45) is 3.28. The van der Waals surface area contributed by atoms with Gasteiger partial charge in [-0.05, 0) is 68.7 Å². The fourth-order valence-corrected chi connectivity index (χ4v) is 4.97. The van der Waals surface area contributed by atoms with Crippen LogP contribution in [0.5, 0.6) is 11.5 Å². The summed E-state index contributed by atoms with van der Waals surface area (Å²) < 4.78 is 17.2. The van der Waals surface area contributed by atoms with E-state index in [-0.39, 0.29) is 0 Å². The number of aromatic nitrogens is 1. The van der Waals surface area contributed by atoms with E-state index in [0.29, 0.717) is 18.4 Å². The molecule has 1 atom stereocenters. The van der Waals surface area contributed by atoms with Crippen molar-refractivity contribution in [2.75, 3.05) is 33.4 Å². The molecule has 1 aliphatic heterocycles. The average molecular weight is 457 g/mol. The van der Waals surface area contributed by atoms with E-state index < -0.39 is 0 Å². The molecule has 1 aromatic heterocycles. The van der Waals surface area contributed by atoms with E-state index in [0.717, 1.165) is 61.7 Å². The second-order valence-corrected chi connectivity index (χ2v) is 9.04. The van der Waals surface area contributed by atoms with Crippen LogP contribution in [0, 0.1) is 0 Å². The highest BCUT2D eigenvalue weighted by molar-refractivity contribution is 5.79. The highest BCUT2D eigenvalue weighted by atomic mass is 16.5. The molecule has 34 heavy (non-hydrogen) atoms. The van der Waals surface area contributed by atoms with Gasteiger partial charge in [0.1, 0.15) is 0 Å². The quantitative estimate of drug-likeness (QED) is 0.297. The van der Waals surface area contributed by atoms with Gasteiger partial charge in [-0.15, -0.1) is 0 Å². The molecule has 1 aliphatic rings. The van der Waals surface area contributed by atoms with Gasteiger partial charge in [-0.1, -0.05) is 59.8 Å². The first-order chi connectivity index (χ1) is 16.8. The van der Waals surface area contributed by atoms with Crippen LogP contribution in [-0.4, -0.2) is 43.4 Å². The minimum atomic E-state index is 0.323. The summed E-state index contributed by atoms with van der Waals surface area (Å²) in [6.45, 7) is 3.86. The first-order valence-corrected chi connectivity index (χ1v) is 12.2. The van der Waals surface area contributed by atoms with Gasteiger partial charge in [0.2, 0.25) is 0 Å². The summed E-state index contributed by atoms with van der Waals surface area (Å²) in [5.74, 6) is 2.37. The maximum Gasteiger partial charge on any atom is 0.167 e. The Bertz CT molecular complexity index is 1180. The Morgan fingerprint density at radius 2 is 1.62 bits per heavy atom. The molecule has 0 amide bonds. The van der Waals surface area contributed by atoms with Crippen molar-refractivity contribution in [1.82, 2.24) is 10.1 Å². The molecule has 2 heterocycles. The van der Waals surface area contributed by atoms with Gasteiger partial charge in [0.25, 0.3) is 0 Å². The summed E-state index contributed by atoms with van der Waals surface area (Å²) in [5.41, 5.74) is 3.34. The molecular weight excluding hydrogens is 424 g/mol. The molecule has 1 unspecified atom stereocenters. The monoisotopic (exact) mass is 456 g/mol. The summed E-state index contributed by atoms with van der Waals surface area (Å²) in [7, 11) is 1.68. The maximum absolute atomic E-state index is 6.23. The van der Waals surface area contributed by atoms with E-state index in [1.54, 1.807) is 7.11 Å². The molecule has 0 aliphatic carbocycles. The van der Waals surface area contributed by atoms with E-state index in [4.69, 9.17) is 14.0 Å². The highest BCUT2D eigenvalue weighted by Crippen LogP contribution is 2.33. The predicted octanol–water partition coefficient (Wildman–Crippen LogP) is 6.27. The van der Waals surface area contributed by atoms with Crippen LogP contribution in [0.15, 0.2) is 83.4 Å². The summed E-state index contributed by atoms with van der Waals surface area (Å²) >= 11 is 0. The molecule has 5 heteroatoms. The number of fused-ring (bicyclic) bond motifs is 1. The van der Waals surface area contributed by atoms with Crippen LogP contribution in [-0.2, 0) is 0 Å². The second kappa shape index (κ2) is 10.7. The summed E-state index contributed by atoms with van der Waals surface area (Å²) in [5, 5.41) is 5.57. The number of likely N-dealkylation sites (tertiary alicyclic amines) is 1. The Hall–Kier alpha value is -3.31. The zero-order valence-electron chi connectivity index (χ0n) is 19.7. The Morgan fingerprint density at radius 1 is 0.912 bits per heavy atom. The highest BCUT2D eigenvalue weighted by Gasteiger charge is 2.25. The van der Waals surface area contributed by atoms with Crippen LogP contribution < -0.4 is 9.47 Å². The molecule has 1 saturated heterocycles. The van der Waals surface area contributed by atoms with Gasteiger partial charge in [-0.3, -0.25) is 0 Å². The third-order valence-corrected chi connectivity index (χ3v) is 6.95. The number of ether oxygens (including phenoxy) is 2. The third-order valence-electron chi connectivity index (χ3n) is 6.95. The standard InChI is InChI=1S/C29H32N2O3/c1-32-27-13-7-8-14-28(27)33-21-24(22-9-3-2-4-10-22)17-20-31-18-15-23(16-19-31)29-25-11-5-6-12-26(25)34-30-29/h2-14,23-24H,15-21H2,1H3. The first kappa shape index (κ1) is 22.5. The number of para-hydroxylation sites is 3. The fraction of sp³-hybridized carbons (Fsp3) is 0.345. The Morgan fingerprint density at radius 3 is 2.41 bits per heavy atom. The molecule has 5 nitrogen and oxygen atoms in total. The molecule has 176 valence electrons. The lowest BCUT2D eigenvalue weighted by atomic mass is 9.91. The van der Waals surface area contributed by atoms with Gasteiger partial charge < -0.3 is 18.9 Å². The number of hydrogen-bond acceptors (Lipinski definition) is 5. The molecule has 0 N–H and O–H groups in total. The molecular formula is C29H32N2O3. The molecule has 3 aromatic carbocycles. The third kappa shape index (κ3) is 5.10. The lowest BCUT2D eigenvalue weighted by Crippen LogP contribution is -2.34. The average Bonchev–Trinajstić information content (AvgIpc) is 3.34. The Labute approximate surface area is 201 Å². The van der Waals surface area contributed by atoms with Crippen molar-refractivity contribution in [1.29, 1.82) is 0 Å². The van der Waals surface area contributed by atoms with Crippen LogP contribution in [0.1, 0.15) is 42.4 Å². The largest absolute Gasteiger partial charge is 0.493 e. The molecule has 0 radical (unpaired) electrons. The normalized spacial score (nSPS) is 15.9. The minimum absolute atomic E-state index is 0.323. The molecule has 0 spiro atoms. The molecule has 4 aromatic rings. The summed E-state index contributed by atoms with van der Waals surface area (Å²) in [6, 6.07) is 26.7. The Kier molecular flexibility index (Phi) is 7.10. The van der Waals surface area contributed by atoms with Crippen LogP contribution in [0.25, 0.3) is 11.0 Å². The van der Waals surface area contributed by atoms with Gasteiger partial charge in [0, 0.05) is 17.2 Å². The SMILES string of the molecule is COc1ccccc1OCC(CCN1CCC(c2noc3ccccc23)CC1)c1ccccc1. The van der Waals surface area contributed by atoms with Gasteiger partial charge in [0.05, 0.1) is 19.4 Å². The topological polar surface area (TPSA) is 47.7 Å². The van der Waals surface area contributed by atoms with Crippen molar-refractivity contribution in [3.05, 3.63) is 90.1 Å². The first-order valence-electron chi connectivity index (χ1n) is 12.2. The van der Waals surface area contributed by atoms with E-state index >= 15 is 0 Å². The zero-order valence-corrected chi connectivity index (χ0v) is 19.7. The second-order valence-electron chi connectivity index (χ2n) is 9.04. The molecule has 0 bridgehead atoms. The van der Waals surface area contributed by atoms with Crippen LogP contribution in [0.3, 0.4) is 0 Å². The number of hydrogen-bond donors (Lipinski definition) is 0. The van der Waals surface area contributed by atoms with Crippen molar-refractivity contribution in [3.63, 3.8) is 0 Å². The summed E-state index contributed by atoms with van der Waals surface area (Å²) in [4.78, 5) is 2.58. The van der Waals surface area contributed by atoms with E-state index in [9.17, 15) is 0 Å². The maximum atomic E-state index is 6.23. The van der Waals surface area contributed by atoms with Crippen molar-refractivity contribution in [2.45, 2.75) is 31.1 Å². The molecule has 0 saturated carbocycles. The van der Waals surface area contributed by atoms with Crippen molar-refractivity contribution < 1.29 is 14.0 Å². The van der Waals surface area contributed by atoms with E-state index in [2.05, 4.69) is 52.5 Å². The van der Waals surface area contributed by atoms with Crippen LogP contribution in [0.4, 0.5) is 0 Å². The van der Waals surface area contributed by atoms with Gasteiger partial charge >= 0.3 is 0 Å². The van der Waals surface area contributed by atoms with Crippen molar-refractivity contribution in [3.8, 4) is 11.5 Å². The smallest absolute Gasteiger partial charge is 0.167 e. The zero-order chi connectivity index (χ0) is 23.2. The van der Waals surface area contributed by atoms with Crippen molar-refractivity contribution >= 4 is 11.0 Å². The number of benzene rings is 3. The molecule has 1 fully saturated rings. The van der Waals surface area contributed by atoms with E-state index in [1.807, 2.05) is 36.4 Å². The fourth-order valence-electron chi connectivity index (χ4n) is 4.97. The van der Waals surface area contributed by atoms with Gasteiger partial charge in [-0.25, -0.2) is 0 Å². The van der Waals surface area contributed by atoms with Gasteiger partial charge in [-0.2, -0.15) is 0 Å². The lowest BCUT2D eigenvalue weighted by Gasteiger charge is -2.32. The number of methoxy groups -OCH3 is 1. The number of piperidine rings is 1. The number of rotatable bonds is 9. The van der Waals surface area contributed by atoms with Crippen LogP contribution in [0.2, 0.25) is 0 Å². The van der Waals surface area contributed by atoms with Crippen molar-refractivity contribution in [2.24, 2.45) is 0 Å². The van der Waals surface area contributed by atoms with Crippen LogP contribution >= 0.6 is 0 Å². The minimum Gasteiger partial charge on any atom is -0.493 e. The predicted molar refractivity (Wildman–Crippen MR) is 135 cm³/mol. The lowest BCUT2D eigenvalue weighted by molar-refractivity contribution is 0.191. The van der Waals surface area contributed by atoms with E-state index in [1.165, 1.54) is 10.9 Å². The molecule has 5 rings (SSSR count).